The van der Waals surface area contributed by atoms with E-state index in [9.17, 15) is 9.59 Å². The van der Waals surface area contributed by atoms with Gasteiger partial charge in [-0.05, 0) is 36.6 Å². The van der Waals surface area contributed by atoms with Crippen molar-refractivity contribution < 1.29 is 14.0 Å². The summed E-state index contributed by atoms with van der Waals surface area (Å²) in [5, 5.41) is 9.35. The van der Waals surface area contributed by atoms with Crippen LogP contribution in [0.2, 0.25) is 0 Å². The van der Waals surface area contributed by atoms with Crippen molar-refractivity contribution in [1.82, 2.24) is 16.0 Å². The fourth-order valence-electron chi connectivity index (χ4n) is 3.55. The lowest BCUT2D eigenvalue weighted by Crippen LogP contribution is -2.30. The van der Waals surface area contributed by atoms with E-state index in [0.29, 0.717) is 11.8 Å². The van der Waals surface area contributed by atoms with Crippen LogP contribution >= 0.6 is 0 Å². The quantitative estimate of drug-likeness (QED) is 0.754. The number of rotatable bonds is 4. The van der Waals surface area contributed by atoms with Crippen molar-refractivity contribution in [3.05, 3.63) is 35.6 Å². The average Bonchev–Trinajstić information content (AvgIpc) is 3.15. The zero-order valence-electron chi connectivity index (χ0n) is 13.4. The van der Waals surface area contributed by atoms with Crippen LogP contribution in [0.4, 0.5) is 4.79 Å². The van der Waals surface area contributed by atoms with Crippen LogP contribution in [0.25, 0.3) is 11.0 Å². The van der Waals surface area contributed by atoms with Crippen molar-refractivity contribution in [1.29, 1.82) is 0 Å². The first-order chi connectivity index (χ1) is 11.7. The van der Waals surface area contributed by atoms with Gasteiger partial charge in [-0.25, -0.2) is 4.79 Å². The number of carbonyl (C=O) groups is 2. The molecule has 2 aliphatic rings. The summed E-state index contributed by atoms with van der Waals surface area (Å²) in [4.78, 5) is 23.0. The maximum atomic E-state index is 11.7. The monoisotopic (exact) mass is 327 g/mol. The number of amides is 3. The van der Waals surface area contributed by atoms with Crippen molar-refractivity contribution >= 4 is 22.9 Å². The molecule has 3 N–H and O–H groups in total. The molecule has 6 heteroatoms. The number of benzene rings is 1. The van der Waals surface area contributed by atoms with Crippen molar-refractivity contribution in [2.45, 2.75) is 50.7 Å². The molecule has 4 rings (SSSR count). The molecule has 0 bridgehead atoms. The first kappa shape index (κ1) is 15.2. The number of carbonyl (C=O) groups excluding carboxylic acids is 2. The van der Waals surface area contributed by atoms with Crippen LogP contribution in [0.5, 0.6) is 0 Å². The molecule has 1 saturated heterocycles. The molecule has 2 fully saturated rings. The number of nitrogens with one attached hydrogen (secondary N) is 3. The summed E-state index contributed by atoms with van der Waals surface area (Å²) in [6.07, 6.45) is 6.50. The Kier molecular flexibility index (Phi) is 3.98. The van der Waals surface area contributed by atoms with Crippen molar-refractivity contribution in [2.75, 3.05) is 0 Å². The number of furan rings is 1. The summed E-state index contributed by atoms with van der Waals surface area (Å²) in [7, 11) is 0. The Morgan fingerprint density at radius 3 is 2.71 bits per heavy atom. The summed E-state index contributed by atoms with van der Waals surface area (Å²) in [5.74, 6) is 0.0870. The van der Waals surface area contributed by atoms with Crippen LogP contribution in [0.3, 0.4) is 0 Å². The zero-order chi connectivity index (χ0) is 16.5. The van der Waals surface area contributed by atoms with Gasteiger partial charge in [0.1, 0.15) is 11.3 Å². The van der Waals surface area contributed by atoms with E-state index >= 15 is 0 Å². The van der Waals surface area contributed by atoms with Gasteiger partial charge in [0.05, 0.1) is 0 Å². The second kappa shape index (κ2) is 6.28. The SMILES string of the molecule is O=C1NC(=O)[C@H](c2cc3cc(CNC4CCCCC4)ccc3o2)N1. The van der Waals surface area contributed by atoms with Gasteiger partial charge in [0.25, 0.3) is 5.91 Å². The molecule has 0 radical (unpaired) electrons. The Bertz CT molecular complexity index is 777. The van der Waals surface area contributed by atoms with E-state index in [0.717, 1.165) is 17.5 Å². The van der Waals surface area contributed by atoms with E-state index in [4.69, 9.17) is 4.42 Å². The first-order valence-electron chi connectivity index (χ1n) is 8.56. The lowest BCUT2D eigenvalue weighted by atomic mass is 9.95. The molecule has 1 aromatic heterocycles. The number of hydrogen-bond donors (Lipinski definition) is 3. The highest BCUT2D eigenvalue weighted by molar-refractivity contribution is 6.04. The third kappa shape index (κ3) is 3.01. The normalized spacial score (nSPS) is 21.9. The molecule has 1 atom stereocenters. The standard InChI is InChI=1S/C18H21N3O3/c22-17-16(20-18(23)21-17)15-9-12-8-11(6-7-14(12)24-15)10-19-13-4-2-1-3-5-13/h6-9,13,16,19H,1-5,10H2,(H2,20,21,22,23)/t16-/m0/s1. The number of urea groups is 1. The highest BCUT2D eigenvalue weighted by atomic mass is 16.3. The maximum absolute atomic E-state index is 11.7. The molecule has 1 aromatic carbocycles. The number of hydrogen-bond acceptors (Lipinski definition) is 4. The minimum atomic E-state index is -0.742. The summed E-state index contributed by atoms with van der Waals surface area (Å²) < 4.78 is 5.72. The van der Waals surface area contributed by atoms with Crippen molar-refractivity contribution in [3.8, 4) is 0 Å². The predicted octanol–water partition coefficient (Wildman–Crippen LogP) is 2.74. The number of fused-ring (bicyclic) bond motifs is 1. The van der Waals surface area contributed by atoms with E-state index in [1.165, 1.54) is 37.7 Å². The molecule has 1 aliphatic carbocycles. The minimum absolute atomic E-state index is 0.377. The molecular formula is C18H21N3O3. The zero-order valence-corrected chi connectivity index (χ0v) is 13.4. The van der Waals surface area contributed by atoms with Gasteiger partial charge in [-0.1, -0.05) is 25.3 Å². The van der Waals surface area contributed by atoms with E-state index in [2.05, 4.69) is 22.0 Å². The molecule has 0 unspecified atom stereocenters. The molecule has 6 nitrogen and oxygen atoms in total. The van der Waals surface area contributed by atoms with Gasteiger partial charge < -0.3 is 15.1 Å². The largest absolute Gasteiger partial charge is 0.458 e. The van der Waals surface area contributed by atoms with Crippen LogP contribution in [0, 0.1) is 0 Å². The van der Waals surface area contributed by atoms with Gasteiger partial charge in [0.2, 0.25) is 0 Å². The smallest absolute Gasteiger partial charge is 0.322 e. The van der Waals surface area contributed by atoms with Gasteiger partial charge in [-0.2, -0.15) is 0 Å². The fraction of sp³-hybridized carbons (Fsp3) is 0.444. The molecular weight excluding hydrogens is 306 g/mol. The van der Waals surface area contributed by atoms with Crippen LogP contribution < -0.4 is 16.0 Å². The molecule has 1 saturated carbocycles. The van der Waals surface area contributed by atoms with Crippen molar-refractivity contribution in [3.63, 3.8) is 0 Å². The highest BCUT2D eigenvalue weighted by Gasteiger charge is 2.33. The van der Waals surface area contributed by atoms with E-state index in [-0.39, 0.29) is 5.91 Å². The Labute approximate surface area is 140 Å². The van der Waals surface area contributed by atoms with Gasteiger partial charge in [-0.3, -0.25) is 10.1 Å². The van der Waals surface area contributed by atoms with Gasteiger partial charge >= 0.3 is 6.03 Å². The molecule has 24 heavy (non-hydrogen) atoms. The summed E-state index contributed by atoms with van der Waals surface area (Å²) >= 11 is 0. The van der Waals surface area contributed by atoms with Gasteiger partial charge in [-0.15, -0.1) is 0 Å². The fourth-order valence-corrected chi connectivity index (χ4v) is 3.55. The molecule has 1 aliphatic heterocycles. The lowest BCUT2D eigenvalue weighted by Gasteiger charge is -2.22. The average molecular weight is 327 g/mol. The van der Waals surface area contributed by atoms with E-state index in [1.54, 1.807) is 0 Å². The lowest BCUT2D eigenvalue weighted by molar-refractivity contribution is -0.120. The molecule has 2 aromatic rings. The van der Waals surface area contributed by atoms with E-state index < -0.39 is 12.1 Å². The molecule has 2 heterocycles. The highest BCUT2D eigenvalue weighted by Crippen LogP contribution is 2.26. The topological polar surface area (TPSA) is 83.4 Å². The minimum Gasteiger partial charge on any atom is -0.458 e. The van der Waals surface area contributed by atoms with E-state index in [1.807, 2.05) is 18.2 Å². The molecule has 3 amide bonds. The van der Waals surface area contributed by atoms with Crippen LogP contribution in [-0.4, -0.2) is 18.0 Å². The molecule has 126 valence electrons. The van der Waals surface area contributed by atoms with Crippen molar-refractivity contribution in [2.24, 2.45) is 0 Å². The second-order valence-corrected chi connectivity index (χ2v) is 6.63. The molecule has 0 spiro atoms. The third-order valence-corrected chi connectivity index (χ3v) is 4.86. The Hall–Kier alpha value is -2.34. The Balaban J connectivity index is 1.48. The summed E-state index contributed by atoms with van der Waals surface area (Å²) in [6, 6.07) is 7.26. The Morgan fingerprint density at radius 2 is 1.96 bits per heavy atom. The first-order valence-corrected chi connectivity index (χ1v) is 8.56. The summed E-state index contributed by atoms with van der Waals surface area (Å²) in [5.41, 5.74) is 1.92. The van der Waals surface area contributed by atoms with Gasteiger partial charge in [0.15, 0.2) is 6.04 Å². The van der Waals surface area contributed by atoms with Crippen LogP contribution in [0.15, 0.2) is 28.7 Å². The maximum Gasteiger partial charge on any atom is 0.322 e. The second-order valence-electron chi connectivity index (χ2n) is 6.63. The van der Waals surface area contributed by atoms with Crippen LogP contribution in [0.1, 0.15) is 49.5 Å². The van der Waals surface area contributed by atoms with Crippen LogP contribution in [-0.2, 0) is 11.3 Å². The number of imide groups is 1. The van der Waals surface area contributed by atoms with Gasteiger partial charge in [0, 0.05) is 18.0 Å². The third-order valence-electron chi connectivity index (χ3n) is 4.86. The Morgan fingerprint density at radius 1 is 1.12 bits per heavy atom. The summed E-state index contributed by atoms with van der Waals surface area (Å²) in [6.45, 7) is 0.835. The predicted molar refractivity (Wildman–Crippen MR) is 89.3 cm³/mol.